The number of urea groups is 1. The van der Waals surface area contributed by atoms with Crippen molar-refractivity contribution < 1.29 is 19.4 Å². The number of methoxy groups -OCH3 is 1. The second-order valence-corrected chi connectivity index (χ2v) is 2.83. The Morgan fingerprint density at radius 1 is 1.53 bits per heavy atom. The Kier molecular flexibility index (Phi) is 7.29. The van der Waals surface area contributed by atoms with Gasteiger partial charge in [0.05, 0.1) is 6.61 Å². The average molecular weight is 219 g/mol. The fraction of sp³-hybridized carbons (Fsp3) is 0.750. The Morgan fingerprint density at radius 2 is 2.20 bits per heavy atom. The minimum atomic E-state index is -1.06. The molecule has 4 N–H and O–H groups in total. The fourth-order valence-corrected chi connectivity index (χ4v) is 0.908. The average Bonchev–Trinajstić information content (AvgIpc) is 2.20. The summed E-state index contributed by atoms with van der Waals surface area (Å²) < 4.78 is 4.77. The van der Waals surface area contributed by atoms with E-state index in [1.54, 1.807) is 0 Å². The van der Waals surface area contributed by atoms with Gasteiger partial charge in [-0.05, 0) is 0 Å². The summed E-state index contributed by atoms with van der Waals surface area (Å²) in [6.45, 7) is 0.821. The molecule has 0 aliphatic heterocycles. The highest BCUT2D eigenvalue weighted by Gasteiger charge is 2.15. The van der Waals surface area contributed by atoms with E-state index in [4.69, 9.17) is 15.6 Å². The first kappa shape index (κ1) is 13.7. The third-order valence-electron chi connectivity index (χ3n) is 1.60. The predicted molar refractivity (Wildman–Crippen MR) is 53.5 cm³/mol. The highest BCUT2D eigenvalue weighted by molar-refractivity contribution is 5.80. The van der Waals surface area contributed by atoms with Gasteiger partial charge in [0, 0.05) is 26.7 Å². The fourth-order valence-electron chi connectivity index (χ4n) is 0.908. The molecule has 0 unspecified atom stereocenters. The monoisotopic (exact) mass is 219 g/mol. The molecule has 0 heterocycles. The number of nitrogens with zero attached hydrogens (tertiary/aromatic N) is 1. The van der Waals surface area contributed by atoms with E-state index in [0.717, 1.165) is 4.90 Å². The molecule has 7 nitrogen and oxygen atoms in total. The highest BCUT2D eigenvalue weighted by Crippen LogP contribution is 1.90. The van der Waals surface area contributed by atoms with E-state index in [0.29, 0.717) is 19.7 Å². The molecule has 0 fully saturated rings. The third-order valence-corrected chi connectivity index (χ3v) is 1.60. The minimum Gasteiger partial charge on any atom is -0.480 e. The van der Waals surface area contributed by atoms with Crippen molar-refractivity contribution in [2.45, 2.75) is 0 Å². The number of rotatable bonds is 7. The number of hydrogen-bond donors (Lipinski definition) is 3. The van der Waals surface area contributed by atoms with Crippen LogP contribution in [0.25, 0.3) is 0 Å². The molecule has 0 spiro atoms. The van der Waals surface area contributed by atoms with E-state index in [2.05, 4.69) is 5.32 Å². The second-order valence-electron chi connectivity index (χ2n) is 2.83. The molecule has 88 valence electrons. The lowest BCUT2D eigenvalue weighted by atomic mass is 10.5. The van der Waals surface area contributed by atoms with Gasteiger partial charge in [0.2, 0.25) is 0 Å². The van der Waals surface area contributed by atoms with Crippen molar-refractivity contribution in [3.05, 3.63) is 0 Å². The maximum Gasteiger partial charge on any atom is 0.323 e. The predicted octanol–water partition coefficient (Wildman–Crippen LogP) is -1.31. The number of nitrogens with two attached hydrogens (primary N) is 1. The van der Waals surface area contributed by atoms with Gasteiger partial charge in [0.25, 0.3) is 0 Å². The van der Waals surface area contributed by atoms with Crippen molar-refractivity contribution in [3.63, 3.8) is 0 Å². The summed E-state index contributed by atoms with van der Waals surface area (Å²) in [5.41, 5.74) is 5.20. The van der Waals surface area contributed by atoms with E-state index in [1.165, 1.54) is 7.11 Å². The van der Waals surface area contributed by atoms with Gasteiger partial charge < -0.3 is 25.8 Å². The van der Waals surface area contributed by atoms with Gasteiger partial charge in [0.1, 0.15) is 6.54 Å². The van der Waals surface area contributed by atoms with E-state index < -0.39 is 12.0 Å². The van der Waals surface area contributed by atoms with E-state index in [9.17, 15) is 9.59 Å². The van der Waals surface area contributed by atoms with Gasteiger partial charge in [0.15, 0.2) is 0 Å². The summed E-state index contributed by atoms with van der Waals surface area (Å²) in [5.74, 6) is -1.06. The zero-order chi connectivity index (χ0) is 11.7. The van der Waals surface area contributed by atoms with E-state index in [-0.39, 0.29) is 13.1 Å². The van der Waals surface area contributed by atoms with Crippen molar-refractivity contribution in [3.8, 4) is 0 Å². The summed E-state index contributed by atoms with van der Waals surface area (Å²) in [6, 6.07) is -0.445. The van der Waals surface area contributed by atoms with Crippen LogP contribution in [0.1, 0.15) is 0 Å². The normalized spacial score (nSPS) is 9.73. The first-order valence-electron chi connectivity index (χ1n) is 4.55. The van der Waals surface area contributed by atoms with Crippen LogP contribution in [-0.2, 0) is 9.53 Å². The van der Waals surface area contributed by atoms with Crippen LogP contribution in [0.5, 0.6) is 0 Å². The molecule has 0 saturated heterocycles. The minimum absolute atomic E-state index is 0.235. The van der Waals surface area contributed by atoms with Crippen molar-refractivity contribution >= 4 is 12.0 Å². The van der Waals surface area contributed by atoms with Crippen LogP contribution in [0.15, 0.2) is 0 Å². The molecule has 2 amide bonds. The van der Waals surface area contributed by atoms with Crippen molar-refractivity contribution in [1.29, 1.82) is 0 Å². The van der Waals surface area contributed by atoms with Crippen molar-refractivity contribution in [2.75, 3.05) is 39.9 Å². The molecule has 7 heteroatoms. The molecular weight excluding hydrogens is 202 g/mol. The Balaban J connectivity index is 4.07. The Morgan fingerprint density at radius 3 is 2.67 bits per heavy atom. The summed E-state index contributed by atoms with van der Waals surface area (Å²) in [5, 5.41) is 11.1. The first-order chi connectivity index (χ1) is 7.11. The quantitative estimate of drug-likeness (QED) is 0.493. The van der Waals surface area contributed by atoms with Crippen LogP contribution in [0.2, 0.25) is 0 Å². The Labute approximate surface area is 88.2 Å². The molecule has 0 aliphatic carbocycles. The number of hydrogen-bond acceptors (Lipinski definition) is 4. The topological polar surface area (TPSA) is 105 Å². The molecule has 0 atom stereocenters. The van der Waals surface area contributed by atoms with E-state index >= 15 is 0 Å². The summed E-state index contributed by atoms with van der Waals surface area (Å²) in [6.07, 6.45) is 0. The third kappa shape index (κ3) is 6.69. The zero-order valence-corrected chi connectivity index (χ0v) is 8.73. The number of carboxylic acid groups (broad SMARTS) is 1. The Bertz CT molecular complexity index is 210. The lowest BCUT2D eigenvalue weighted by molar-refractivity contribution is -0.137. The molecule has 0 aromatic carbocycles. The lowest BCUT2D eigenvalue weighted by Gasteiger charge is -2.20. The number of carbonyl (C=O) groups is 2. The lowest BCUT2D eigenvalue weighted by Crippen LogP contribution is -2.45. The second kappa shape index (κ2) is 8.01. The van der Waals surface area contributed by atoms with Crippen LogP contribution in [0.4, 0.5) is 4.79 Å². The molecule has 0 aromatic heterocycles. The number of aliphatic carboxylic acids is 1. The van der Waals surface area contributed by atoms with Crippen LogP contribution in [-0.4, -0.2) is 61.9 Å². The largest absolute Gasteiger partial charge is 0.480 e. The Hall–Kier alpha value is -1.34. The molecule has 0 bridgehead atoms. The smallest absolute Gasteiger partial charge is 0.323 e. The van der Waals surface area contributed by atoms with Crippen molar-refractivity contribution in [1.82, 2.24) is 10.2 Å². The van der Waals surface area contributed by atoms with Crippen LogP contribution in [0, 0.1) is 0 Å². The number of carboxylic acids is 1. The molecule has 0 radical (unpaired) electrons. The molecule has 0 aromatic rings. The highest BCUT2D eigenvalue weighted by atomic mass is 16.5. The van der Waals surface area contributed by atoms with Crippen molar-refractivity contribution in [2.24, 2.45) is 5.73 Å². The van der Waals surface area contributed by atoms with Crippen LogP contribution >= 0.6 is 0 Å². The number of ether oxygens (including phenoxy) is 1. The number of nitrogens with one attached hydrogen (secondary N) is 1. The maximum absolute atomic E-state index is 11.4. The summed E-state index contributed by atoms with van der Waals surface area (Å²) in [4.78, 5) is 23.0. The first-order valence-corrected chi connectivity index (χ1v) is 4.55. The van der Waals surface area contributed by atoms with Crippen LogP contribution in [0.3, 0.4) is 0 Å². The van der Waals surface area contributed by atoms with Gasteiger partial charge in [-0.25, -0.2) is 4.79 Å². The van der Waals surface area contributed by atoms with Gasteiger partial charge >= 0.3 is 12.0 Å². The molecule has 15 heavy (non-hydrogen) atoms. The van der Waals surface area contributed by atoms with Crippen LogP contribution < -0.4 is 11.1 Å². The van der Waals surface area contributed by atoms with E-state index in [1.807, 2.05) is 0 Å². The molecule has 0 saturated carbocycles. The van der Waals surface area contributed by atoms with Gasteiger partial charge in [-0.15, -0.1) is 0 Å². The maximum atomic E-state index is 11.4. The van der Waals surface area contributed by atoms with Gasteiger partial charge in [-0.3, -0.25) is 4.79 Å². The number of carbonyl (C=O) groups excluding carboxylic acids is 1. The molecular formula is C8H17N3O4. The number of amides is 2. The van der Waals surface area contributed by atoms with Gasteiger partial charge in [-0.2, -0.15) is 0 Å². The zero-order valence-electron chi connectivity index (χ0n) is 8.73. The standard InChI is InChI=1S/C8H17N3O4/c1-15-5-4-11(6-7(12)13)8(14)10-3-2-9/h2-6,9H2,1H3,(H,10,14)(H,12,13). The summed E-state index contributed by atoms with van der Waals surface area (Å²) >= 11 is 0. The molecule has 0 aliphatic rings. The SMILES string of the molecule is COCCN(CC(=O)O)C(=O)NCCN. The summed E-state index contributed by atoms with van der Waals surface area (Å²) in [7, 11) is 1.48. The molecule has 0 rings (SSSR count). The van der Waals surface area contributed by atoms with Gasteiger partial charge in [-0.1, -0.05) is 0 Å².